The number of hydrogen-bond acceptors (Lipinski definition) is 6. The van der Waals surface area contributed by atoms with E-state index in [1.165, 1.54) is 16.2 Å². The lowest BCUT2D eigenvalue weighted by Crippen LogP contribution is -2.50. The van der Waals surface area contributed by atoms with Gasteiger partial charge in [-0.1, -0.05) is 0 Å². The van der Waals surface area contributed by atoms with Gasteiger partial charge in [0.05, 0.1) is 10.5 Å². The average Bonchev–Trinajstić information content (AvgIpc) is 2.87. The van der Waals surface area contributed by atoms with Crippen LogP contribution in [-0.2, 0) is 6.54 Å². The Balaban J connectivity index is 1.81. The van der Waals surface area contributed by atoms with Crippen LogP contribution in [0.2, 0.25) is 0 Å². The smallest absolute Gasteiger partial charge is 0.275 e. The molecule has 1 aromatic rings. The number of hydrogen-bond donors (Lipinski definition) is 3. The summed E-state index contributed by atoms with van der Waals surface area (Å²) in [6, 6.07) is 3.80. The SMILES string of the molecule is CC(C)(O)CN1CCN(Cc2ccc(C(=O)NN)s2)CC1. The Kier molecular flexibility index (Phi) is 5.34. The highest BCUT2D eigenvalue weighted by Gasteiger charge is 2.23. The second-order valence-electron chi connectivity index (χ2n) is 6.10. The van der Waals surface area contributed by atoms with E-state index in [1.807, 2.05) is 26.0 Å². The molecule has 1 fully saturated rings. The molecule has 21 heavy (non-hydrogen) atoms. The van der Waals surface area contributed by atoms with Crippen LogP contribution in [0.5, 0.6) is 0 Å². The van der Waals surface area contributed by atoms with Crippen molar-refractivity contribution in [1.82, 2.24) is 15.2 Å². The molecule has 0 radical (unpaired) electrons. The largest absolute Gasteiger partial charge is 0.389 e. The molecule has 1 saturated heterocycles. The number of carbonyl (C=O) groups is 1. The summed E-state index contributed by atoms with van der Waals surface area (Å²) >= 11 is 1.48. The van der Waals surface area contributed by atoms with Crippen LogP contribution in [0.25, 0.3) is 0 Å². The van der Waals surface area contributed by atoms with Gasteiger partial charge in [-0.3, -0.25) is 20.0 Å². The Bertz CT molecular complexity index is 476. The first-order chi connectivity index (χ1) is 9.87. The van der Waals surface area contributed by atoms with E-state index in [-0.39, 0.29) is 5.91 Å². The lowest BCUT2D eigenvalue weighted by atomic mass is 10.1. The number of nitrogen functional groups attached to an aromatic ring is 1. The molecule has 2 rings (SSSR count). The highest BCUT2D eigenvalue weighted by Crippen LogP contribution is 2.19. The van der Waals surface area contributed by atoms with Crippen molar-refractivity contribution in [3.8, 4) is 0 Å². The number of β-amino-alcohol motifs (C(OH)–C–C–N with tert-alkyl or cyclic N) is 1. The number of nitrogens with one attached hydrogen (secondary N) is 1. The fourth-order valence-corrected chi connectivity index (χ4v) is 3.48. The van der Waals surface area contributed by atoms with Crippen molar-refractivity contribution in [3.05, 3.63) is 21.9 Å². The molecule has 7 heteroatoms. The van der Waals surface area contributed by atoms with Crippen LogP contribution in [0, 0.1) is 0 Å². The quantitative estimate of drug-likeness (QED) is 0.412. The standard InChI is InChI=1S/C14H24N4O2S/c1-14(2,20)10-18-7-5-17(6-8-18)9-11-3-4-12(21-11)13(19)16-15/h3-4,20H,5-10,15H2,1-2H3,(H,16,19). The maximum Gasteiger partial charge on any atom is 0.275 e. The second-order valence-corrected chi connectivity index (χ2v) is 7.27. The minimum atomic E-state index is -0.638. The van der Waals surface area contributed by atoms with Crippen LogP contribution < -0.4 is 11.3 Å². The summed E-state index contributed by atoms with van der Waals surface area (Å²) in [6.45, 7) is 9.14. The molecule has 1 amide bonds. The topological polar surface area (TPSA) is 81.8 Å². The molecule has 0 aliphatic carbocycles. The molecule has 1 aliphatic rings. The Morgan fingerprint density at radius 3 is 2.52 bits per heavy atom. The van der Waals surface area contributed by atoms with Crippen LogP contribution >= 0.6 is 11.3 Å². The zero-order chi connectivity index (χ0) is 15.5. The van der Waals surface area contributed by atoms with Gasteiger partial charge < -0.3 is 5.11 Å². The molecule has 0 spiro atoms. The highest BCUT2D eigenvalue weighted by molar-refractivity contribution is 7.14. The molecule has 118 valence electrons. The molecular formula is C14H24N4O2S. The first-order valence-electron chi connectivity index (χ1n) is 7.14. The van der Waals surface area contributed by atoms with Gasteiger partial charge in [-0.25, -0.2) is 5.84 Å². The summed E-state index contributed by atoms with van der Waals surface area (Å²) in [5.74, 6) is 4.90. The molecule has 0 aromatic carbocycles. The molecule has 0 atom stereocenters. The van der Waals surface area contributed by atoms with Gasteiger partial charge in [0.1, 0.15) is 0 Å². The number of piperazine rings is 1. The molecule has 0 unspecified atom stereocenters. The number of rotatable bonds is 5. The first kappa shape index (κ1) is 16.4. The van der Waals surface area contributed by atoms with Gasteiger partial charge in [0.25, 0.3) is 5.91 Å². The monoisotopic (exact) mass is 312 g/mol. The number of nitrogens with zero attached hydrogens (tertiary/aromatic N) is 2. The average molecular weight is 312 g/mol. The predicted molar refractivity (Wildman–Crippen MR) is 84.0 cm³/mol. The van der Waals surface area contributed by atoms with Gasteiger partial charge >= 0.3 is 0 Å². The fraction of sp³-hybridized carbons (Fsp3) is 0.643. The van der Waals surface area contributed by atoms with Gasteiger partial charge in [0.15, 0.2) is 0 Å². The molecular weight excluding hydrogens is 288 g/mol. The third kappa shape index (κ3) is 5.05. The Hall–Kier alpha value is -0.990. The summed E-state index contributed by atoms with van der Waals surface area (Å²) in [4.78, 5) is 17.9. The van der Waals surface area contributed by atoms with Crippen molar-refractivity contribution in [2.45, 2.75) is 26.0 Å². The summed E-state index contributed by atoms with van der Waals surface area (Å²) in [5.41, 5.74) is 1.51. The van der Waals surface area contributed by atoms with Gasteiger partial charge in [-0.15, -0.1) is 11.3 Å². The molecule has 4 N–H and O–H groups in total. The van der Waals surface area contributed by atoms with Crippen molar-refractivity contribution in [1.29, 1.82) is 0 Å². The normalized spacial score (nSPS) is 17.9. The number of amides is 1. The van der Waals surface area contributed by atoms with E-state index in [9.17, 15) is 9.90 Å². The lowest BCUT2D eigenvalue weighted by molar-refractivity contribution is 0.0168. The summed E-state index contributed by atoms with van der Waals surface area (Å²) < 4.78 is 0. The lowest BCUT2D eigenvalue weighted by Gasteiger charge is -2.37. The van der Waals surface area contributed by atoms with Crippen LogP contribution in [-0.4, -0.2) is 59.1 Å². The molecule has 0 bridgehead atoms. The Morgan fingerprint density at radius 2 is 1.95 bits per heavy atom. The second kappa shape index (κ2) is 6.85. The van der Waals surface area contributed by atoms with E-state index in [4.69, 9.17) is 5.84 Å². The van der Waals surface area contributed by atoms with Gasteiger partial charge in [-0.05, 0) is 26.0 Å². The zero-order valence-electron chi connectivity index (χ0n) is 12.6. The van der Waals surface area contributed by atoms with Gasteiger partial charge in [0, 0.05) is 44.1 Å². The number of thiophene rings is 1. The van der Waals surface area contributed by atoms with Crippen LogP contribution in [0.4, 0.5) is 0 Å². The van der Waals surface area contributed by atoms with E-state index in [0.29, 0.717) is 11.4 Å². The maximum absolute atomic E-state index is 11.4. The molecule has 0 saturated carbocycles. The van der Waals surface area contributed by atoms with Crippen molar-refractivity contribution in [2.24, 2.45) is 5.84 Å². The molecule has 1 aliphatic heterocycles. The first-order valence-corrected chi connectivity index (χ1v) is 7.96. The fourth-order valence-electron chi connectivity index (χ4n) is 2.53. The zero-order valence-corrected chi connectivity index (χ0v) is 13.4. The van der Waals surface area contributed by atoms with Crippen molar-refractivity contribution < 1.29 is 9.90 Å². The van der Waals surface area contributed by atoms with Crippen molar-refractivity contribution >= 4 is 17.2 Å². The van der Waals surface area contributed by atoms with Crippen LogP contribution in [0.15, 0.2) is 12.1 Å². The van der Waals surface area contributed by atoms with E-state index in [2.05, 4.69) is 15.2 Å². The van der Waals surface area contributed by atoms with Crippen LogP contribution in [0.1, 0.15) is 28.4 Å². The van der Waals surface area contributed by atoms with E-state index < -0.39 is 5.60 Å². The number of hydrazine groups is 1. The molecule has 6 nitrogen and oxygen atoms in total. The Labute approximate surface area is 129 Å². The van der Waals surface area contributed by atoms with Gasteiger partial charge in [-0.2, -0.15) is 0 Å². The predicted octanol–water partition coefficient (Wildman–Crippen LogP) is 0.240. The van der Waals surface area contributed by atoms with Crippen molar-refractivity contribution in [2.75, 3.05) is 32.7 Å². The van der Waals surface area contributed by atoms with E-state index >= 15 is 0 Å². The number of carbonyl (C=O) groups excluding carboxylic acids is 1. The highest BCUT2D eigenvalue weighted by atomic mass is 32.1. The van der Waals surface area contributed by atoms with Crippen LogP contribution in [0.3, 0.4) is 0 Å². The van der Waals surface area contributed by atoms with Gasteiger partial charge in [0.2, 0.25) is 0 Å². The van der Waals surface area contributed by atoms with E-state index in [1.54, 1.807) is 0 Å². The minimum Gasteiger partial charge on any atom is -0.389 e. The summed E-state index contributed by atoms with van der Waals surface area (Å²) in [7, 11) is 0. The third-order valence-electron chi connectivity index (χ3n) is 3.47. The van der Waals surface area contributed by atoms with E-state index in [0.717, 1.165) is 32.7 Å². The third-order valence-corrected chi connectivity index (χ3v) is 4.54. The maximum atomic E-state index is 11.4. The number of aliphatic hydroxyl groups is 1. The number of nitrogens with two attached hydrogens (primary N) is 1. The molecule has 1 aromatic heterocycles. The minimum absolute atomic E-state index is 0.235. The summed E-state index contributed by atoms with van der Waals surface area (Å²) in [6.07, 6.45) is 0. The van der Waals surface area contributed by atoms with Crippen molar-refractivity contribution in [3.63, 3.8) is 0 Å². The summed E-state index contributed by atoms with van der Waals surface area (Å²) in [5, 5.41) is 9.85. The Morgan fingerprint density at radius 1 is 1.33 bits per heavy atom. The molecule has 2 heterocycles.